The van der Waals surface area contributed by atoms with Crippen molar-refractivity contribution < 1.29 is 22.6 Å². The summed E-state index contributed by atoms with van der Waals surface area (Å²) in [6.45, 7) is 8.04. The number of hydrogen-bond donors (Lipinski definition) is 3. The predicted octanol–water partition coefficient (Wildman–Crippen LogP) is 4.01. The van der Waals surface area contributed by atoms with Crippen LogP contribution in [0.4, 0.5) is 24.7 Å². The number of benzene rings is 1. The van der Waals surface area contributed by atoms with Crippen LogP contribution in [0.2, 0.25) is 0 Å². The van der Waals surface area contributed by atoms with Gasteiger partial charge in [0.2, 0.25) is 0 Å². The molecule has 1 saturated heterocycles. The van der Waals surface area contributed by atoms with E-state index in [4.69, 9.17) is 4.74 Å². The van der Waals surface area contributed by atoms with Crippen molar-refractivity contribution >= 4 is 17.2 Å². The van der Waals surface area contributed by atoms with Gasteiger partial charge < -0.3 is 25.4 Å². The molecule has 0 radical (unpaired) electrons. The maximum Gasteiger partial charge on any atom is 0.573 e. The first kappa shape index (κ1) is 24.6. The lowest BCUT2D eigenvalue weighted by molar-refractivity contribution is -0.274. The van der Waals surface area contributed by atoms with Gasteiger partial charge in [0.1, 0.15) is 11.6 Å². The van der Waals surface area contributed by atoms with E-state index in [1.807, 2.05) is 13.8 Å². The minimum atomic E-state index is -4.74. The molecule has 33 heavy (non-hydrogen) atoms. The summed E-state index contributed by atoms with van der Waals surface area (Å²) in [7, 11) is 1.75. The fraction of sp³-hybridized carbons (Fsp3) is 0.455. The molecule has 4 rings (SSSR count). The van der Waals surface area contributed by atoms with Gasteiger partial charge in [-0.1, -0.05) is 32.0 Å². The Balaban J connectivity index is 0.000000442. The van der Waals surface area contributed by atoms with Crippen molar-refractivity contribution in [1.29, 1.82) is 0 Å². The number of anilines is 2. The molecule has 1 aromatic carbocycles. The molecule has 11 heteroatoms. The molecule has 0 amide bonds. The molecule has 0 atom stereocenters. The summed E-state index contributed by atoms with van der Waals surface area (Å²) in [4.78, 5) is 4.41. The van der Waals surface area contributed by atoms with Crippen LogP contribution in [0.3, 0.4) is 0 Å². The molecular formula is C22H29F3N6O2. The topological polar surface area (TPSA) is 84.7 Å². The van der Waals surface area contributed by atoms with Crippen LogP contribution in [0, 0.1) is 0 Å². The van der Waals surface area contributed by atoms with Gasteiger partial charge in [-0.05, 0) is 12.0 Å². The van der Waals surface area contributed by atoms with E-state index in [9.17, 15) is 13.2 Å². The van der Waals surface area contributed by atoms with Crippen molar-refractivity contribution in [2.24, 2.45) is 0 Å². The van der Waals surface area contributed by atoms with Gasteiger partial charge in [0.15, 0.2) is 5.65 Å². The van der Waals surface area contributed by atoms with Crippen LogP contribution >= 0.6 is 0 Å². The van der Waals surface area contributed by atoms with Gasteiger partial charge in [0, 0.05) is 38.3 Å². The smallest absolute Gasteiger partial charge is 0.405 e. The van der Waals surface area contributed by atoms with Crippen molar-refractivity contribution in [1.82, 2.24) is 19.9 Å². The number of hydrogen-bond acceptors (Lipinski definition) is 7. The van der Waals surface area contributed by atoms with Crippen LogP contribution in [-0.4, -0.2) is 54.3 Å². The molecule has 1 aliphatic heterocycles. The molecule has 3 aromatic rings. The second kappa shape index (κ2) is 11.2. The van der Waals surface area contributed by atoms with Crippen molar-refractivity contribution in [2.45, 2.75) is 32.7 Å². The standard InChI is InChI=1S/C18H20F3N5O.C4H9NO/c1-11(2)14-10-24-17-13(8-16(22-3)25-26(14)17)23-9-12-6-4-5-7-15(12)27-18(19,20)21;1-3-6-4-2-5-1/h4-8,10-11,23H,9H2,1-3H3,(H,22,25);5H,1-4H2. The maximum atomic E-state index is 12.6. The molecule has 0 unspecified atom stereocenters. The fourth-order valence-corrected chi connectivity index (χ4v) is 3.21. The average molecular weight is 467 g/mol. The van der Waals surface area contributed by atoms with Crippen molar-refractivity contribution in [3.63, 3.8) is 0 Å². The van der Waals surface area contributed by atoms with Gasteiger partial charge in [-0.25, -0.2) is 9.50 Å². The second-order valence-electron chi connectivity index (χ2n) is 7.64. The van der Waals surface area contributed by atoms with E-state index in [-0.39, 0.29) is 18.2 Å². The molecule has 180 valence electrons. The van der Waals surface area contributed by atoms with E-state index < -0.39 is 6.36 Å². The Morgan fingerprint density at radius 2 is 1.94 bits per heavy atom. The number of nitrogens with one attached hydrogen (secondary N) is 3. The lowest BCUT2D eigenvalue weighted by Gasteiger charge is -2.15. The number of rotatable bonds is 6. The zero-order chi connectivity index (χ0) is 23.8. The summed E-state index contributed by atoms with van der Waals surface area (Å²) in [5.41, 5.74) is 2.58. The highest BCUT2D eigenvalue weighted by molar-refractivity contribution is 5.71. The third-order valence-electron chi connectivity index (χ3n) is 4.86. The Kier molecular flexibility index (Phi) is 8.34. The number of para-hydroxylation sites is 1. The Morgan fingerprint density at radius 3 is 2.52 bits per heavy atom. The zero-order valence-electron chi connectivity index (χ0n) is 18.9. The first-order chi connectivity index (χ1) is 15.8. The van der Waals surface area contributed by atoms with Crippen LogP contribution in [0.5, 0.6) is 5.75 Å². The number of fused-ring (bicyclic) bond motifs is 1. The normalized spacial score (nSPS) is 14.0. The summed E-state index contributed by atoms with van der Waals surface area (Å²) in [5.74, 6) is 0.598. The molecule has 0 bridgehead atoms. The lowest BCUT2D eigenvalue weighted by Crippen LogP contribution is -2.30. The molecule has 1 fully saturated rings. The minimum Gasteiger partial charge on any atom is -0.405 e. The monoisotopic (exact) mass is 466 g/mol. The number of aromatic nitrogens is 3. The second-order valence-corrected chi connectivity index (χ2v) is 7.64. The quantitative estimate of drug-likeness (QED) is 0.506. The predicted molar refractivity (Wildman–Crippen MR) is 121 cm³/mol. The lowest BCUT2D eigenvalue weighted by atomic mass is 10.1. The van der Waals surface area contributed by atoms with Crippen LogP contribution in [0.1, 0.15) is 31.0 Å². The zero-order valence-corrected chi connectivity index (χ0v) is 18.9. The van der Waals surface area contributed by atoms with Crippen molar-refractivity contribution in [3.8, 4) is 5.75 Å². The van der Waals surface area contributed by atoms with E-state index >= 15 is 0 Å². The van der Waals surface area contributed by atoms with Gasteiger partial charge in [-0.15, -0.1) is 18.3 Å². The van der Waals surface area contributed by atoms with Gasteiger partial charge in [0.25, 0.3) is 0 Å². The number of nitrogens with zero attached hydrogens (tertiary/aromatic N) is 3. The third-order valence-corrected chi connectivity index (χ3v) is 4.86. The van der Waals surface area contributed by atoms with E-state index in [2.05, 4.69) is 30.8 Å². The first-order valence-corrected chi connectivity index (χ1v) is 10.7. The summed E-state index contributed by atoms with van der Waals surface area (Å²) < 4.78 is 48.6. The van der Waals surface area contributed by atoms with Crippen LogP contribution < -0.4 is 20.7 Å². The highest BCUT2D eigenvalue weighted by Crippen LogP contribution is 2.28. The largest absolute Gasteiger partial charge is 0.573 e. The summed E-state index contributed by atoms with van der Waals surface area (Å²) in [5, 5.41) is 13.8. The molecule has 8 nitrogen and oxygen atoms in total. The van der Waals surface area contributed by atoms with Crippen LogP contribution in [0.15, 0.2) is 36.5 Å². The summed E-state index contributed by atoms with van der Waals surface area (Å²) in [6.07, 6.45) is -2.99. The SMILES string of the molecule is C1COCCN1.CNc1cc(NCc2ccccc2OC(F)(F)F)c2ncc(C(C)C)n2n1. The van der Waals surface area contributed by atoms with Gasteiger partial charge >= 0.3 is 6.36 Å². The summed E-state index contributed by atoms with van der Waals surface area (Å²) in [6, 6.07) is 7.79. The minimum absolute atomic E-state index is 0.138. The highest BCUT2D eigenvalue weighted by atomic mass is 19.4. The van der Waals surface area contributed by atoms with Crippen molar-refractivity contribution in [3.05, 3.63) is 47.8 Å². The number of ether oxygens (including phenoxy) is 2. The van der Waals surface area contributed by atoms with E-state index in [0.717, 1.165) is 32.0 Å². The molecule has 1 aliphatic rings. The van der Waals surface area contributed by atoms with Gasteiger partial charge in [0.05, 0.1) is 30.8 Å². The molecular weight excluding hydrogens is 437 g/mol. The third kappa shape index (κ3) is 6.96. The van der Waals surface area contributed by atoms with E-state index in [1.54, 1.807) is 36.0 Å². The van der Waals surface area contributed by atoms with Gasteiger partial charge in [-0.2, -0.15) is 0 Å². The van der Waals surface area contributed by atoms with Gasteiger partial charge in [-0.3, -0.25) is 0 Å². The average Bonchev–Trinajstić information content (AvgIpc) is 3.23. The Bertz CT molecular complexity index is 1020. The van der Waals surface area contributed by atoms with Crippen molar-refractivity contribution in [2.75, 3.05) is 44.0 Å². The molecule has 3 heterocycles. The van der Waals surface area contributed by atoms with E-state index in [0.29, 0.717) is 22.7 Å². The Labute approximate surface area is 190 Å². The highest BCUT2D eigenvalue weighted by Gasteiger charge is 2.32. The molecule has 3 N–H and O–H groups in total. The number of halogens is 3. The van der Waals surface area contributed by atoms with E-state index in [1.165, 1.54) is 12.1 Å². The molecule has 0 saturated carbocycles. The number of morpholine rings is 1. The van der Waals surface area contributed by atoms with Crippen LogP contribution in [-0.2, 0) is 11.3 Å². The number of alkyl halides is 3. The maximum absolute atomic E-state index is 12.6. The molecule has 0 spiro atoms. The fourth-order valence-electron chi connectivity index (χ4n) is 3.21. The molecule has 2 aromatic heterocycles. The summed E-state index contributed by atoms with van der Waals surface area (Å²) >= 11 is 0. The number of imidazole rings is 1. The Hall–Kier alpha value is -3.05. The Morgan fingerprint density at radius 1 is 1.21 bits per heavy atom. The first-order valence-electron chi connectivity index (χ1n) is 10.7. The molecule has 0 aliphatic carbocycles. The van der Waals surface area contributed by atoms with Crippen LogP contribution in [0.25, 0.3) is 5.65 Å².